The maximum Gasteiger partial charge on any atom is 0.288 e. The van der Waals surface area contributed by atoms with Gasteiger partial charge < -0.3 is 10.4 Å². The number of nitrogens with one attached hydrogen (secondary N) is 1. The third-order valence-corrected chi connectivity index (χ3v) is 5.95. The van der Waals surface area contributed by atoms with Crippen LogP contribution < -0.4 is 10.9 Å². The van der Waals surface area contributed by atoms with Gasteiger partial charge in [0.05, 0.1) is 11.4 Å². The molecule has 0 saturated carbocycles. The number of benzene rings is 3. The second kappa shape index (κ2) is 9.53. The summed E-state index contributed by atoms with van der Waals surface area (Å²) >= 11 is 24.0. The number of carbonyl (C=O) groups excluding carboxylic acids is 1. The fourth-order valence-corrected chi connectivity index (χ4v) is 3.98. The summed E-state index contributed by atoms with van der Waals surface area (Å²) < 4.78 is 2.41. The average Bonchev–Trinajstić information content (AvgIpc) is 3.04. The Kier molecular flexibility index (Phi) is 6.72. The summed E-state index contributed by atoms with van der Waals surface area (Å²) in [6.45, 7) is 0.0286. The second-order valence-electron chi connectivity index (χ2n) is 7.00. The molecule has 0 atom stereocenters. The molecule has 0 fully saturated rings. The minimum absolute atomic E-state index is 0.0286. The number of aromatic nitrogens is 2. The van der Waals surface area contributed by atoms with Crippen LogP contribution in [0.5, 0.6) is 5.88 Å². The Morgan fingerprint density at radius 3 is 1.85 bits per heavy atom. The molecule has 1 amide bonds. The fraction of sp³-hybridized carbons (Fsp3) is 0.0435. The van der Waals surface area contributed by atoms with Crippen molar-refractivity contribution in [3.63, 3.8) is 0 Å². The van der Waals surface area contributed by atoms with E-state index in [1.165, 1.54) is 9.36 Å². The Hall–Kier alpha value is -2.90. The minimum atomic E-state index is -0.765. The van der Waals surface area contributed by atoms with Gasteiger partial charge in [-0.15, -0.1) is 0 Å². The van der Waals surface area contributed by atoms with Crippen LogP contribution in [-0.4, -0.2) is 20.4 Å². The molecule has 3 aromatic carbocycles. The number of carbonyl (C=O) groups is 1. The highest BCUT2D eigenvalue weighted by Crippen LogP contribution is 2.26. The number of nitrogens with zero attached hydrogens (tertiary/aromatic N) is 2. The predicted molar refractivity (Wildman–Crippen MR) is 131 cm³/mol. The molecule has 1 heterocycles. The molecular formula is C23H15Cl4N3O3. The van der Waals surface area contributed by atoms with E-state index in [2.05, 4.69) is 5.32 Å². The van der Waals surface area contributed by atoms with Crippen LogP contribution in [0, 0.1) is 0 Å². The van der Waals surface area contributed by atoms with Crippen molar-refractivity contribution in [2.45, 2.75) is 6.54 Å². The highest BCUT2D eigenvalue weighted by atomic mass is 35.5. The first-order valence-corrected chi connectivity index (χ1v) is 11.1. The smallest absolute Gasteiger partial charge is 0.288 e. The molecule has 168 valence electrons. The van der Waals surface area contributed by atoms with Crippen LogP contribution in [0.25, 0.3) is 11.4 Å². The first kappa shape index (κ1) is 23.3. The average molecular weight is 523 g/mol. The number of hydrogen-bond acceptors (Lipinski definition) is 3. The van der Waals surface area contributed by atoms with Crippen molar-refractivity contribution in [1.29, 1.82) is 0 Å². The first-order chi connectivity index (χ1) is 15.8. The number of rotatable bonds is 5. The van der Waals surface area contributed by atoms with Gasteiger partial charge in [-0.1, -0.05) is 52.5 Å². The number of aromatic hydroxyl groups is 1. The summed E-state index contributed by atoms with van der Waals surface area (Å²) in [5.74, 6) is -1.30. The van der Waals surface area contributed by atoms with Crippen LogP contribution in [0.4, 0.5) is 0 Å². The molecule has 0 bridgehead atoms. The number of amides is 1. The Morgan fingerprint density at radius 2 is 1.30 bits per heavy atom. The lowest BCUT2D eigenvalue weighted by atomic mass is 10.2. The van der Waals surface area contributed by atoms with E-state index in [0.717, 1.165) is 0 Å². The first-order valence-electron chi connectivity index (χ1n) is 9.57. The Morgan fingerprint density at radius 1 is 0.788 bits per heavy atom. The molecule has 4 rings (SSSR count). The number of hydrogen-bond donors (Lipinski definition) is 2. The van der Waals surface area contributed by atoms with Crippen LogP contribution in [0.1, 0.15) is 15.9 Å². The van der Waals surface area contributed by atoms with E-state index in [9.17, 15) is 14.7 Å². The molecule has 0 saturated heterocycles. The molecular weight excluding hydrogens is 508 g/mol. The van der Waals surface area contributed by atoms with Gasteiger partial charge in [0.15, 0.2) is 5.56 Å². The van der Waals surface area contributed by atoms with E-state index in [1.54, 1.807) is 66.7 Å². The standard InChI is InChI=1S/C23H15Cl4N3O3/c24-14-3-7-17(8-4-14)29-22(32)20(23(33)30(29)18-9-5-15(25)6-10-18)21(31)28-12-13-1-2-16(26)11-19(13)27/h1-11,32H,12H2,(H,28,31). The van der Waals surface area contributed by atoms with Crippen molar-refractivity contribution in [3.05, 3.63) is 108 Å². The summed E-state index contributed by atoms with van der Waals surface area (Å²) in [5.41, 5.74) is 0.275. The summed E-state index contributed by atoms with van der Waals surface area (Å²) in [7, 11) is 0. The van der Waals surface area contributed by atoms with E-state index in [-0.39, 0.29) is 6.54 Å². The minimum Gasteiger partial charge on any atom is -0.493 e. The summed E-state index contributed by atoms with van der Waals surface area (Å²) in [4.78, 5) is 26.3. The van der Waals surface area contributed by atoms with Crippen LogP contribution >= 0.6 is 46.4 Å². The van der Waals surface area contributed by atoms with Crippen molar-refractivity contribution in [2.75, 3.05) is 0 Å². The molecule has 0 unspecified atom stereocenters. The SMILES string of the molecule is O=C(NCc1ccc(Cl)cc1Cl)c1c(O)n(-c2ccc(Cl)cc2)n(-c2ccc(Cl)cc2)c1=O. The van der Waals surface area contributed by atoms with Gasteiger partial charge in [-0.3, -0.25) is 9.59 Å². The third-order valence-electron chi connectivity index (χ3n) is 4.85. The lowest BCUT2D eigenvalue weighted by molar-refractivity contribution is 0.0947. The largest absolute Gasteiger partial charge is 0.493 e. The van der Waals surface area contributed by atoms with Crippen molar-refractivity contribution in [1.82, 2.24) is 14.7 Å². The monoisotopic (exact) mass is 521 g/mol. The fourth-order valence-electron chi connectivity index (χ4n) is 3.26. The molecule has 1 aromatic heterocycles. The summed E-state index contributed by atoms with van der Waals surface area (Å²) in [5, 5.41) is 15.4. The van der Waals surface area contributed by atoms with Crippen molar-refractivity contribution < 1.29 is 9.90 Å². The van der Waals surface area contributed by atoms with Gasteiger partial charge in [-0.05, 0) is 66.2 Å². The molecule has 4 aromatic rings. The van der Waals surface area contributed by atoms with Crippen LogP contribution in [0.3, 0.4) is 0 Å². The molecule has 0 aliphatic carbocycles. The lowest BCUT2D eigenvalue weighted by Crippen LogP contribution is -2.29. The molecule has 0 radical (unpaired) electrons. The highest BCUT2D eigenvalue weighted by Gasteiger charge is 2.27. The molecule has 0 aliphatic heterocycles. The van der Waals surface area contributed by atoms with Gasteiger partial charge in [-0.2, -0.15) is 0 Å². The zero-order valence-electron chi connectivity index (χ0n) is 16.7. The van der Waals surface area contributed by atoms with Gasteiger partial charge >= 0.3 is 0 Å². The van der Waals surface area contributed by atoms with E-state index in [0.29, 0.717) is 37.0 Å². The quantitative estimate of drug-likeness (QED) is 0.343. The Bertz CT molecular complexity index is 1390. The Labute approximate surface area is 208 Å². The molecule has 0 aliphatic rings. The molecule has 2 N–H and O–H groups in total. The predicted octanol–water partition coefficient (Wildman–Crippen LogP) is 5.88. The highest BCUT2D eigenvalue weighted by molar-refractivity contribution is 6.35. The normalized spacial score (nSPS) is 10.9. The molecule has 0 spiro atoms. The van der Waals surface area contributed by atoms with Crippen molar-refractivity contribution >= 4 is 52.3 Å². The van der Waals surface area contributed by atoms with Crippen LogP contribution in [0.15, 0.2) is 71.5 Å². The van der Waals surface area contributed by atoms with Crippen LogP contribution in [0.2, 0.25) is 20.1 Å². The van der Waals surface area contributed by atoms with Gasteiger partial charge in [-0.25, -0.2) is 9.36 Å². The van der Waals surface area contributed by atoms with E-state index in [1.807, 2.05) is 0 Å². The van der Waals surface area contributed by atoms with Crippen molar-refractivity contribution in [3.8, 4) is 17.3 Å². The summed E-state index contributed by atoms with van der Waals surface area (Å²) in [6.07, 6.45) is 0. The van der Waals surface area contributed by atoms with Gasteiger partial charge in [0.25, 0.3) is 11.5 Å². The van der Waals surface area contributed by atoms with E-state index >= 15 is 0 Å². The topological polar surface area (TPSA) is 76.3 Å². The maximum absolute atomic E-state index is 13.3. The van der Waals surface area contributed by atoms with Crippen LogP contribution in [-0.2, 0) is 6.54 Å². The zero-order valence-corrected chi connectivity index (χ0v) is 19.8. The van der Waals surface area contributed by atoms with Gasteiger partial charge in [0.1, 0.15) is 0 Å². The molecule has 10 heteroatoms. The van der Waals surface area contributed by atoms with E-state index < -0.39 is 22.9 Å². The zero-order chi connectivity index (χ0) is 23.7. The van der Waals surface area contributed by atoms with Crippen molar-refractivity contribution in [2.24, 2.45) is 0 Å². The second-order valence-corrected chi connectivity index (χ2v) is 8.72. The maximum atomic E-state index is 13.3. The lowest BCUT2D eigenvalue weighted by Gasteiger charge is -2.12. The molecule has 6 nitrogen and oxygen atoms in total. The van der Waals surface area contributed by atoms with Gasteiger partial charge in [0, 0.05) is 26.6 Å². The number of halogens is 4. The van der Waals surface area contributed by atoms with Gasteiger partial charge in [0.2, 0.25) is 5.88 Å². The summed E-state index contributed by atoms with van der Waals surface area (Å²) in [6, 6.07) is 17.7. The van der Waals surface area contributed by atoms with E-state index in [4.69, 9.17) is 46.4 Å². The third kappa shape index (κ3) is 4.75. The Balaban J connectivity index is 1.79. The molecule has 33 heavy (non-hydrogen) atoms.